The Morgan fingerprint density at radius 3 is 2.35 bits per heavy atom. The van der Waals surface area contributed by atoms with Crippen molar-refractivity contribution in [2.75, 3.05) is 11.9 Å². The average Bonchev–Trinajstić information content (AvgIpc) is 2.85. The van der Waals surface area contributed by atoms with Gasteiger partial charge in [0.15, 0.2) is 0 Å². The number of hydrogen-bond acceptors (Lipinski definition) is 2. The summed E-state index contributed by atoms with van der Waals surface area (Å²) in [5.41, 5.74) is 5.17. The first-order valence-corrected chi connectivity index (χ1v) is 10.7. The number of benzodiazepines with no additional fused rings is 1. The van der Waals surface area contributed by atoms with Gasteiger partial charge < -0.3 is 4.90 Å². The van der Waals surface area contributed by atoms with Gasteiger partial charge in [0.1, 0.15) is 11.9 Å². The molecule has 4 rings (SSSR count). The zero-order valence-corrected chi connectivity index (χ0v) is 18.5. The molecule has 1 aliphatic heterocycles. The van der Waals surface area contributed by atoms with Gasteiger partial charge in [-0.1, -0.05) is 49.7 Å². The van der Waals surface area contributed by atoms with Crippen LogP contribution < -0.4 is 4.90 Å². The van der Waals surface area contributed by atoms with Crippen LogP contribution in [0.4, 0.5) is 10.1 Å². The maximum absolute atomic E-state index is 13.5. The number of halogens is 2. The Balaban J connectivity index is 1.80. The highest BCUT2D eigenvalue weighted by molar-refractivity contribution is 6.32. The maximum atomic E-state index is 13.5. The fraction of sp³-hybridized carbons (Fsp3) is 0.231. The quantitative estimate of drug-likeness (QED) is 0.493. The first-order valence-electron chi connectivity index (χ1n) is 10.3. The van der Waals surface area contributed by atoms with Crippen LogP contribution in [-0.4, -0.2) is 24.7 Å². The van der Waals surface area contributed by atoms with Crippen LogP contribution >= 0.6 is 11.6 Å². The molecule has 1 heterocycles. The maximum Gasteiger partial charge on any atom is 0.251 e. The van der Waals surface area contributed by atoms with Crippen LogP contribution in [0.5, 0.6) is 0 Å². The first-order chi connectivity index (χ1) is 14.8. The summed E-state index contributed by atoms with van der Waals surface area (Å²) in [6.07, 6.45) is 0.480. The van der Waals surface area contributed by atoms with E-state index in [-0.39, 0.29) is 11.7 Å². The van der Waals surface area contributed by atoms with E-state index >= 15 is 0 Å². The van der Waals surface area contributed by atoms with E-state index in [2.05, 4.69) is 38.1 Å². The van der Waals surface area contributed by atoms with E-state index < -0.39 is 6.04 Å². The van der Waals surface area contributed by atoms with Crippen LogP contribution in [0.2, 0.25) is 5.02 Å². The first kappa shape index (κ1) is 21.3. The summed E-state index contributed by atoms with van der Waals surface area (Å²) >= 11 is 6.28. The van der Waals surface area contributed by atoms with E-state index in [0.29, 0.717) is 23.1 Å². The van der Waals surface area contributed by atoms with Crippen molar-refractivity contribution in [3.8, 4) is 0 Å². The lowest BCUT2D eigenvalue weighted by Crippen LogP contribution is -2.36. The van der Waals surface area contributed by atoms with E-state index in [9.17, 15) is 9.18 Å². The molecular formula is C26H24ClFN2O. The minimum Gasteiger partial charge on any atom is -0.313 e. The van der Waals surface area contributed by atoms with Gasteiger partial charge in [-0.3, -0.25) is 9.79 Å². The fourth-order valence-corrected chi connectivity index (χ4v) is 4.02. The summed E-state index contributed by atoms with van der Waals surface area (Å²) < 4.78 is 13.5. The van der Waals surface area contributed by atoms with Crippen LogP contribution in [-0.2, 0) is 11.2 Å². The van der Waals surface area contributed by atoms with Crippen LogP contribution in [0.1, 0.15) is 42.0 Å². The molecule has 0 aromatic heterocycles. The van der Waals surface area contributed by atoms with E-state index in [1.165, 1.54) is 17.7 Å². The summed E-state index contributed by atoms with van der Waals surface area (Å²) in [4.78, 5) is 19.9. The van der Waals surface area contributed by atoms with Gasteiger partial charge in [0.25, 0.3) is 5.91 Å². The molecule has 0 N–H and O–H groups in total. The summed E-state index contributed by atoms with van der Waals surface area (Å²) in [6, 6.07) is 19.3. The number of amides is 1. The summed E-state index contributed by atoms with van der Waals surface area (Å²) in [5, 5.41) is 0.553. The van der Waals surface area contributed by atoms with Crippen molar-refractivity contribution < 1.29 is 9.18 Å². The number of carbonyl (C=O) groups excluding carboxylic acids is 1. The molecule has 0 saturated heterocycles. The van der Waals surface area contributed by atoms with Crippen LogP contribution in [0, 0.1) is 5.82 Å². The molecule has 3 aromatic rings. The lowest BCUT2D eigenvalue weighted by atomic mass is 9.98. The van der Waals surface area contributed by atoms with Gasteiger partial charge in [-0.15, -0.1) is 0 Å². The van der Waals surface area contributed by atoms with Gasteiger partial charge in [-0.25, -0.2) is 4.39 Å². The Morgan fingerprint density at radius 1 is 1.03 bits per heavy atom. The molecule has 0 bridgehead atoms. The van der Waals surface area contributed by atoms with E-state index in [0.717, 1.165) is 22.4 Å². The third-order valence-corrected chi connectivity index (χ3v) is 5.90. The third-order valence-electron chi connectivity index (χ3n) is 5.67. The molecule has 158 valence electrons. The molecule has 1 atom stereocenters. The highest BCUT2D eigenvalue weighted by Crippen LogP contribution is 2.31. The second-order valence-corrected chi connectivity index (χ2v) is 8.60. The molecule has 1 aliphatic rings. The molecular weight excluding hydrogens is 411 g/mol. The Hall–Kier alpha value is -2.98. The van der Waals surface area contributed by atoms with Gasteiger partial charge in [0, 0.05) is 29.6 Å². The normalized spacial score (nSPS) is 16.2. The highest BCUT2D eigenvalue weighted by atomic mass is 35.5. The Labute approximate surface area is 187 Å². The number of fused-ring (bicyclic) bond motifs is 1. The number of likely N-dealkylation sites (N-methyl/N-ethyl adjacent to an activating group) is 1. The molecule has 0 saturated carbocycles. The van der Waals surface area contributed by atoms with Crippen molar-refractivity contribution in [1.29, 1.82) is 0 Å². The lowest BCUT2D eigenvalue weighted by molar-refractivity contribution is -0.119. The summed E-state index contributed by atoms with van der Waals surface area (Å²) in [7, 11) is 1.76. The van der Waals surface area contributed by atoms with E-state index in [4.69, 9.17) is 16.6 Å². The van der Waals surface area contributed by atoms with E-state index in [1.807, 2.05) is 12.1 Å². The van der Waals surface area contributed by atoms with Crippen molar-refractivity contribution >= 4 is 28.9 Å². The molecule has 0 fully saturated rings. The molecule has 1 amide bonds. The second kappa shape index (κ2) is 8.64. The number of hydrogen-bond donors (Lipinski definition) is 0. The number of aliphatic imine (C=N–C) groups is 1. The van der Waals surface area contributed by atoms with Crippen LogP contribution in [0.3, 0.4) is 0 Å². The molecule has 5 heteroatoms. The molecule has 3 nitrogen and oxygen atoms in total. The van der Waals surface area contributed by atoms with Gasteiger partial charge in [-0.05, 0) is 59.5 Å². The van der Waals surface area contributed by atoms with Crippen molar-refractivity contribution in [3.63, 3.8) is 0 Å². The SMILES string of the molecule is CC(C)c1ccc(CC2N=C(c3ccc(F)cc3)c3cc(Cl)ccc3N(C)C2=O)cc1. The molecule has 0 spiro atoms. The summed E-state index contributed by atoms with van der Waals surface area (Å²) in [6.45, 7) is 4.31. The molecule has 31 heavy (non-hydrogen) atoms. The zero-order valence-electron chi connectivity index (χ0n) is 17.8. The average molecular weight is 435 g/mol. The lowest BCUT2D eigenvalue weighted by Gasteiger charge is -2.20. The molecule has 0 aliphatic carbocycles. The largest absolute Gasteiger partial charge is 0.313 e. The number of nitrogens with zero attached hydrogens (tertiary/aromatic N) is 2. The monoisotopic (exact) mass is 434 g/mol. The van der Waals surface area contributed by atoms with Crippen molar-refractivity contribution in [3.05, 3.63) is 99.8 Å². The van der Waals surface area contributed by atoms with Crippen LogP contribution in [0.15, 0.2) is 71.7 Å². The minimum absolute atomic E-state index is 0.0892. The van der Waals surface area contributed by atoms with E-state index in [1.54, 1.807) is 30.1 Å². The van der Waals surface area contributed by atoms with Crippen molar-refractivity contribution in [1.82, 2.24) is 0 Å². The molecule has 1 unspecified atom stereocenters. The number of rotatable bonds is 4. The predicted octanol–water partition coefficient (Wildman–Crippen LogP) is 6.03. The molecule has 3 aromatic carbocycles. The van der Waals surface area contributed by atoms with Gasteiger partial charge >= 0.3 is 0 Å². The summed E-state index contributed by atoms with van der Waals surface area (Å²) in [5.74, 6) is 0.0370. The minimum atomic E-state index is -0.596. The van der Waals surface area contributed by atoms with Gasteiger partial charge in [0.2, 0.25) is 0 Å². The van der Waals surface area contributed by atoms with Gasteiger partial charge in [0.05, 0.1) is 11.4 Å². The van der Waals surface area contributed by atoms with Crippen molar-refractivity contribution in [2.24, 2.45) is 4.99 Å². The molecule has 0 radical (unpaired) electrons. The van der Waals surface area contributed by atoms with Crippen molar-refractivity contribution in [2.45, 2.75) is 32.2 Å². The number of anilines is 1. The second-order valence-electron chi connectivity index (χ2n) is 8.16. The smallest absolute Gasteiger partial charge is 0.251 e. The Kier molecular flexibility index (Phi) is 5.92. The Bertz CT molecular complexity index is 1140. The highest BCUT2D eigenvalue weighted by Gasteiger charge is 2.30. The van der Waals surface area contributed by atoms with Gasteiger partial charge in [-0.2, -0.15) is 0 Å². The predicted molar refractivity (Wildman–Crippen MR) is 125 cm³/mol. The number of carbonyl (C=O) groups is 1. The zero-order chi connectivity index (χ0) is 22.1. The number of benzene rings is 3. The fourth-order valence-electron chi connectivity index (χ4n) is 3.85. The third kappa shape index (κ3) is 4.40. The topological polar surface area (TPSA) is 32.7 Å². The standard InChI is InChI=1S/C26H24ClFN2O/c1-16(2)18-6-4-17(5-7-18)14-23-26(31)30(3)24-13-10-20(27)15-22(24)25(29-23)19-8-11-21(28)12-9-19/h4-13,15-16,23H,14H2,1-3H3. The Morgan fingerprint density at radius 2 is 1.71 bits per heavy atom. The van der Waals surface area contributed by atoms with Crippen LogP contribution in [0.25, 0.3) is 0 Å².